The minimum atomic E-state index is -4.17. The molecule has 1 unspecified atom stereocenters. The Morgan fingerprint density at radius 2 is 2.12 bits per heavy atom. The van der Waals surface area contributed by atoms with Crippen LogP contribution in [0.2, 0.25) is 0 Å². The SMILES string of the molecule is COc1ccc(NC(C)CC(F)(F)F)nc1. The van der Waals surface area contributed by atoms with Crippen LogP contribution in [0.5, 0.6) is 5.75 Å². The van der Waals surface area contributed by atoms with Gasteiger partial charge in [0.05, 0.1) is 19.7 Å². The number of nitrogens with one attached hydrogen (secondary N) is 1. The van der Waals surface area contributed by atoms with Crippen molar-refractivity contribution in [2.24, 2.45) is 0 Å². The number of anilines is 1. The van der Waals surface area contributed by atoms with Gasteiger partial charge in [0.2, 0.25) is 0 Å². The summed E-state index contributed by atoms with van der Waals surface area (Å²) in [7, 11) is 1.50. The van der Waals surface area contributed by atoms with Gasteiger partial charge in [-0.1, -0.05) is 0 Å². The van der Waals surface area contributed by atoms with Crippen molar-refractivity contribution in [2.45, 2.75) is 25.6 Å². The molecule has 1 N–H and O–H groups in total. The predicted molar refractivity (Wildman–Crippen MR) is 54.5 cm³/mol. The van der Waals surface area contributed by atoms with Gasteiger partial charge in [-0.3, -0.25) is 0 Å². The smallest absolute Gasteiger partial charge is 0.391 e. The Kier molecular flexibility index (Phi) is 3.98. The summed E-state index contributed by atoms with van der Waals surface area (Å²) in [6, 6.07) is 2.50. The number of hydrogen-bond donors (Lipinski definition) is 1. The van der Waals surface area contributed by atoms with Crippen LogP contribution >= 0.6 is 0 Å². The lowest BCUT2D eigenvalue weighted by atomic mass is 10.2. The van der Waals surface area contributed by atoms with E-state index in [1.54, 1.807) is 12.1 Å². The second kappa shape index (κ2) is 5.05. The maximum atomic E-state index is 12.0. The topological polar surface area (TPSA) is 34.1 Å². The fraction of sp³-hybridized carbons (Fsp3) is 0.500. The maximum absolute atomic E-state index is 12.0. The molecule has 1 aromatic heterocycles. The van der Waals surface area contributed by atoms with Crippen LogP contribution in [0.4, 0.5) is 19.0 Å². The summed E-state index contributed by atoms with van der Waals surface area (Å²) >= 11 is 0. The minimum Gasteiger partial charge on any atom is -0.495 e. The Balaban J connectivity index is 2.53. The van der Waals surface area contributed by atoms with Crippen LogP contribution in [0.15, 0.2) is 18.3 Å². The lowest BCUT2D eigenvalue weighted by Gasteiger charge is -2.16. The van der Waals surface area contributed by atoms with E-state index in [0.29, 0.717) is 11.6 Å². The van der Waals surface area contributed by atoms with Gasteiger partial charge in [0.25, 0.3) is 0 Å². The zero-order valence-electron chi connectivity index (χ0n) is 9.01. The first-order valence-corrected chi connectivity index (χ1v) is 4.74. The van der Waals surface area contributed by atoms with E-state index in [1.807, 2.05) is 0 Å². The van der Waals surface area contributed by atoms with Gasteiger partial charge in [-0.15, -0.1) is 0 Å². The predicted octanol–water partition coefficient (Wildman–Crippen LogP) is 2.84. The summed E-state index contributed by atoms with van der Waals surface area (Å²) in [6.45, 7) is 1.46. The molecule has 0 saturated carbocycles. The molecule has 0 saturated heterocycles. The minimum absolute atomic E-state index is 0.401. The molecule has 6 heteroatoms. The molecule has 1 atom stereocenters. The van der Waals surface area contributed by atoms with Crippen LogP contribution in [0.25, 0.3) is 0 Å². The molecular formula is C10H13F3N2O. The Hall–Kier alpha value is -1.46. The highest BCUT2D eigenvalue weighted by atomic mass is 19.4. The molecule has 0 aliphatic heterocycles. The Bertz CT molecular complexity index is 324. The fourth-order valence-corrected chi connectivity index (χ4v) is 1.24. The summed E-state index contributed by atoms with van der Waals surface area (Å²) in [5.74, 6) is 0.964. The fourth-order valence-electron chi connectivity index (χ4n) is 1.24. The second-order valence-corrected chi connectivity index (χ2v) is 3.45. The molecule has 90 valence electrons. The first-order valence-electron chi connectivity index (χ1n) is 4.74. The van der Waals surface area contributed by atoms with Gasteiger partial charge in [-0.05, 0) is 19.1 Å². The van der Waals surface area contributed by atoms with Gasteiger partial charge < -0.3 is 10.1 Å². The maximum Gasteiger partial charge on any atom is 0.391 e. The molecule has 0 aliphatic rings. The van der Waals surface area contributed by atoms with E-state index in [0.717, 1.165) is 0 Å². The van der Waals surface area contributed by atoms with Crippen LogP contribution in [0.3, 0.4) is 0 Å². The van der Waals surface area contributed by atoms with E-state index in [4.69, 9.17) is 4.74 Å². The van der Waals surface area contributed by atoms with Gasteiger partial charge in [0.1, 0.15) is 11.6 Å². The largest absolute Gasteiger partial charge is 0.495 e. The van der Waals surface area contributed by atoms with Gasteiger partial charge in [0, 0.05) is 6.04 Å². The number of alkyl halides is 3. The molecule has 0 bridgehead atoms. The first kappa shape index (κ1) is 12.6. The Morgan fingerprint density at radius 1 is 1.44 bits per heavy atom. The zero-order valence-corrected chi connectivity index (χ0v) is 9.01. The normalized spacial score (nSPS) is 13.3. The van der Waals surface area contributed by atoms with Crippen molar-refractivity contribution >= 4 is 5.82 Å². The van der Waals surface area contributed by atoms with Crippen molar-refractivity contribution in [3.05, 3.63) is 18.3 Å². The quantitative estimate of drug-likeness (QED) is 0.869. The number of halogens is 3. The molecular weight excluding hydrogens is 221 g/mol. The molecule has 3 nitrogen and oxygen atoms in total. The van der Waals surface area contributed by atoms with E-state index >= 15 is 0 Å². The van der Waals surface area contributed by atoms with Gasteiger partial charge in [-0.2, -0.15) is 13.2 Å². The molecule has 0 radical (unpaired) electrons. The Labute approximate surface area is 91.6 Å². The van der Waals surface area contributed by atoms with Gasteiger partial charge in [0.15, 0.2) is 0 Å². The van der Waals surface area contributed by atoms with E-state index in [-0.39, 0.29) is 0 Å². The third kappa shape index (κ3) is 4.37. The molecule has 0 aromatic carbocycles. The molecule has 0 spiro atoms. The van der Waals surface area contributed by atoms with Crippen molar-refractivity contribution in [1.29, 1.82) is 0 Å². The van der Waals surface area contributed by atoms with Crippen molar-refractivity contribution in [3.63, 3.8) is 0 Å². The third-order valence-electron chi connectivity index (χ3n) is 1.90. The van der Waals surface area contributed by atoms with Gasteiger partial charge in [-0.25, -0.2) is 4.98 Å². The van der Waals surface area contributed by atoms with Crippen LogP contribution in [-0.2, 0) is 0 Å². The van der Waals surface area contributed by atoms with Crippen molar-refractivity contribution in [1.82, 2.24) is 4.98 Å². The third-order valence-corrected chi connectivity index (χ3v) is 1.90. The molecule has 0 fully saturated rings. The highest BCUT2D eigenvalue weighted by Gasteiger charge is 2.29. The van der Waals surface area contributed by atoms with E-state index in [9.17, 15) is 13.2 Å². The van der Waals surface area contributed by atoms with Crippen LogP contribution in [0.1, 0.15) is 13.3 Å². The van der Waals surface area contributed by atoms with Crippen molar-refractivity contribution in [3.8, 4) is 5.75 Å². The zero-order chi connectivity index (χ0) is 12.2. The monoisotopic (exact) mass is 234 g/mol. The highest BCUT2D eigenvalue weighted by Crippen LogP contribution is 2.23. The molecule has 1 aromatic rings. The Morgan fingerprint density at radius 3 is 2.56 bits per heavy atom. The molecule has 1 rings (SSSR count). The second-order valence-electron chi connectivity index (χ2n) is 3.45. The first-order chi connectivity index (χ1) is 7.40. The highest BCUT2D eigenvalue weighted by molar-refractivity contribution is 5.38. The molecule has 16 heavy (non-hydrogen) atoms. The lowest BCUT2D eigenvalue weighted by Crippen LogP contribution is -2.24. The standard InChI is InChI=1S/C10H13F3N2O/c1-7(5-10(11,12)13)15-9-4-3-8(16-2)6-14-9/h3-4,6-7H,5H2,1-2H3,(H,14,15). The average molecular weight is 234 g/mol. The van der Waals surface area contributed by atoms with Crippen molar-refractivity contribution < 1.29 is 17.9 Å². The van der Waals surface area contributed by atoms with E-state index in [1.165, 1.54) is 20.2 Å². The van der Waals surface area contributed by atoms with Crippen LogP contribution in [-0.4, -0.2) is 24.3 Å². The molecule has 0 amide bonds. The van der Waals surface area contributed by atoms with Gasteiger partial charge >= 0.3 is 6.18 Å². The number of nitrogens with zero attached hydrogens (tertiary/aromatic N) is 1. The average Bonchev–Trinajstić information content (AvgIpc) is 2.16. The number of methoxy groups -OCH3 is 1. The summed E-state index contributed by atoms with van der Waals surface area (Å²) in [5.41, 5.74) is 0. The number of rotatable bonds is 4. The molecule has 0 aliphatic carbocycles. The molecule has 1 heterocycles. The summed E-state index contributed by atoms with van der Waals surface area (Å²) in [4.78, 5) is 3.92. The summed E-state index contributed by atoms with van der Waals surface area (Å²) in [6.07, 6.45) is -3.61. The lowest BCUT2D eigenvalue weighted by molar-refractivity contribution is -0.136. The number of hydrogen-bond acceptors (Lipinski definition) is 3. The summed E-state index contributed by atoms with van der Waals surface area (Å²) < 4.78 is 41.0. The number of ether oxygens (including phenoxy) is 1. The van der Waals surface area contributed by atoms with Crippen LogP contribution < -0.4 is 10.1 Å². The van der Waals surface area contributed by atoms with E-state index < -0.39 is 18.6 Å². The number of pyridine rings is 1. The van der Waals surface area contributed by atoms with Crippen LogP contribution in [0, 0.1) is 0 Å². The summed E-state index contributed by atoms with van der Waals surface area (Å²) in [5, 5.41) is 2.66. The van der Waals surface area contributed by atoms with E-state index in [2.05, 4.69) is 10.3 Å². The van der Waals surface area contributed by atoms with Crippen molar-refractivity contribution in [2.75, 3.05) is 12.4 Å². The number of aromatic nitrogens is 1.